The molecule has 1 fully saturated rings. The molecule has 2 N–H and O–H groups in total. The number of likely N-dealkylation sites (N-methyl/N-ethyl adjacent to an activating group) is 1. The van der Waals surface area contributed by atoms with E-state index in [0.717, 1.165) is 13.1 Å². The third kappa shape index (κ3) is 5.95. The number of nitrogens with zero attached hydrogens (tertiary/aromatic N) is 4. The molecule has 9 nitrogen and oxygen atoms in total. The fourth-order valence-corrected chi connectivity index (χ4v) is 4.11. The Hall–Kier alpha value is -3.13. The van der Waals surface area contributed by atoms with Gasteiger partial charge in [0.25, 0.3) is 15.9 Å². The van der Waals surface area contributed by atoms with Crippen LogP contribution >= 0.6 is 11.6 Å². The van der Waals surface area contributed by atoms with E-state index < -0.39 is 15.9 Å². The lowest BCUT2D eigenvalue weighted by atomic mass is 10.3. The van der Waals surface area contributed by atoms with Crippen molar-refractivity contribution >= 4 is 44.6 Å². The number of hydrogen-bond acceptors (Lipinski definition) is 7. The molecule has 1 heterocycles. The van der Waals surface area contributed by atoms with E-state index in [0.29, 0.717) is 29.5 Å². The fourth-order valence-electron chi connectivity index (χ4n) is 2.88. The smallest absolute Gasteiger partial charge is 0.285 e. The minimum absolute atomic E-state index is 0.0380. The average Bonchev–Trinajstić information content (AvgIpc) is 2.74. The molecule has 0 radical (unpaired) electrons. The van der Waals surface area contributed by atoms with E-state index in [-0.39, 0.29) is 10.6 Å². The van der Waals surface area contributed by atoms with Gasteiger partial charge in [-0.3, -0.25) is 14.9 Å². The number of carbonyl (C=O) groups is 1. The van der Waals surface area contributed by atoms with Crippen molar-refractivity contribution in [3.63, 3.8) is 0 Å². The summed E-state index contributed by atoms with van der Waals surface area (Å²) in [6, 6.07) is 14.0. The van der Waals surface area contributed by atoms with Gasteiger partial charge in [-0.15, -0.1) is 0 Å². The summed E-state index contributed by atoms with van der Waals surface area (Å²) >= 11 is 5.88. The molecular weight excluding hydrogens is 440 g/mol. The summed E-state index contributed by atoms with van der Waals surface area (Å²) in [5.74, 6) is -0.437. The lowest BCUT2D eigenvalue weighted by molar-refractivity contribution is -0.125. The van der Waals surface area contributed by atoms with Crippen LogP contribution in [-0.2, 0) is 14.8 Å². The summed E-state index contributed by atoms with van der Waals surface area (Å²) < 4.78 is 27.5. The van der Waals surface area contributed by atoms with Crippen molar-refractivity contribution in [1.29, 1.82) is 5.26 Å². The molecule has 1 amide bonds. The molecule has 0 saturated carbocycles. The number of piperazine rings is 1. The zero-order chi connectivity index (χ0) is 22.4. The van der Waals surface area contributed by atoms with Gasteiger partial charge in [0.1, 0.15) is 6.07 Å². The number of halogens is 1. The molecule has 0 unspecified atom stereocenters. The maximum atomic E-state index is 12.5. The van der Waals surface area contributed by atoms with Gasteiger partial charge in [-0.1, -0.05) is 17.7 Å². The third-order valence-corrected chi connectivity index (χ3v) is 6.27. The van der Waals surface area contributed by atoms with Crippen molar-refractivity contribution < 1.29 is 13.2 Å². The van der Waals surface area contributed by atoms with Gasteiger partial charge in [-0.05, 0) is 49.5 Å². The summed E-state index contributed by atoms with van der Waals surface area (Å²) in [5.41, 5.74) is 3.15. The average molecular weight is 461 g/mol. The maximum absolute atomic E-state index is 12.5. The Morgan fingerprint density at radius 3 is 2.39 bits per heavy atom. The molecule has 0 spiro atoms. The van der Waals surface area contributed by atoms with E-state index >= 15 is 0 Å². The van der Waals surface area contributed by atoms with Crippen LogP contribution in [0, 0.1) is 11.3 Å². The number of anilines is 2. The van der Waals surface area contributed by atoms with Crippen molar-refractivity contribution in [2.45, 2.75) is 4.90 Å². The highest BCUT2D eigenvalue weighted by Gasteiger charge is 2.23. The molecule has 1 aliphatic rings. The molecule has 0 aliphatic carbocycles. The van der Waals surface area contributed by atoms with Gasteiger partial charge < -0.3 is 9.80 Å². The van der Waals surface area contributed by atoms with Crippen LogP contribution < -0.4 is 10.1 Å². The van der Waals surface area contributed by atoms with Crippen LogP contribution in [0.25, 0.3) is 0 Å². The Morgan fingerprint density at radius 1 is 1.10 bits per heavy atom. The van der Waals surface area contributed by atoms with Crippen molar-refractivity contribution in [3.8, 4) is 6.07 Å². The molecule has 3 rings (SSSR count). The van der Waals surface area contributed by atoms with Gasteiger partial charge in [0, 0.05) is 31.2 Å². The Kier molecular flexibility index (Phi) is 7.12. The fraction of sp³-hybridized carbons (Fsp3) is 0.250. The van der Waals surface area contributed by atoms with Gasteiger partial charge >= 0.3 is 0 Å². The Balaban J connectivity index is 1.66. The highest BCUT2D eigenvalue weighted by atomic mass is 35.5. The first-order chi connectivity index (χ1) is 14.8. The van der Waals surface area contributed by atoms with E-state index in [2.05, 4.69) is 20.1 Å². The number of nitriles is 1. The van der Waals surface area contributed by atoms with E-state index in [1.807, 2.05) is 13.1 Å². The normalized spacial score (nSPS) is 15.3. The van der Waals surface area contributed by atoms with Gasteiger partial charge in [0.15, 0.2) is 0 Å². The Labute approximate surface area is 186 Å². The molecule has 1 saturated heterocycles. The minimum atomic E-state index is -3.80. The number of amides is 1. The zero-order valence-electron chi connectivity index (χ0n) is 16.7. The number of nitrogens with one attached hydrogen (secondary N) is 2. The van der Waals surface area contributed by atoms with E-state index in [9.17, 15) is 18.5 Å². The second-order valence-corrected chi connectivity index (χ2v) is 9.04. The van der Waals surface area contributed by atoms with Crippen molar-refractivity contribution in [2.75, 3.05) is 43.4 Å². The molecule has 31 heavy (non-hydrogen) atoms. The number of hydrogen-bond donors (Lipinski definition) is 2. The second-order valence-electron chi connectivity index (χ2n) is 6.92. The summed E-state index contributed by atoms with van der Waals surface area (Å²) in [6.45, 7) is 2.53. The molecule has 2 aromatic carbocycles. The first-order valence-electron chi connectivity index (χ1n) is 9.38. The van der Waals surface area contributed by atoms with E-state index in [1.165, 1.54) is 30.3 Å². The zero-order valence-corrected chi connectivity index (χ0v) is 18.3. The maximum Gasteiger partial charge on any atom is 0.285 e. The minimum Gasteiger partial charge on any atom is -0.334 e. The Morgan fingerprint density at radius 2 is 1.77 bits per heavy atom. The summed E-state index contributed by atoms with van der Waals surface area (Å²) in [4.78, 5) is 16.2. The second kappa shape index (κ2) is 9.78. The number of hydrazone groups is 1. The largest absolute Gasteiger partial charge is 0.334 e. The third-order valence-electron chi connectivity index (χ3n) is 4.64. The molecule has 1 aliphatic heterocycles. The molecule has 2 aromatic rings. The van der Waals surface area contributed by atoms with Crippen LogP contribution in [0.3, 0.4) is 0 Å². The lowest BCUT2D eigenvalue weighted by Gasteiger charge is -2.31. The SMILES string of the molecule is CN1CCN(C(=O)/C(C#N)=N\Nc2ccc(S(=O)(=O)Nc3cccc(Cl)c3)cc2)CC1. The van der Waals surface area contributed by atoms with Crippen molar-refractivity contribution in [3.05, 3.63) is 53.6 Å². The van der Waals surface area contributed by atoms with Crippen LogP contribution in [0.15, 0.2) is 58.5 Å². The van der Waals surface area contributed by atoms with Crippen molar-refractivity contribution in [2.24, 2.45) is 5.10 Å². The van der Waals surface area contributed by atoms with E-state index in [4.69, 9.17) is 11.6 Å². The van der Waals surface area contributed by atoms with Crippen LogP contribution in [-0.4, -0.2) is 63.1 Å². The van der Waals surface area contributed by atoms with Crippen LogP contribution in [0.5, 0.6) is 0 Å². The lowest BCUT2D eigenvalue weighted by Crippen LogP contribution is -2.49. The molecule has 0 atom stereocenters. The summed E-state index contributed by atoms with van der Waals surface area (Å²) in [5, 5.41) is 13.6. The standard InChI is InChI=1S/C20H21ClN6O3S/c1-26-9-11-27(12-10-26)20(28)19(14-22)24-23-16-5-7-18(8-6-16)31(29,30)25-17-4-2-3-15(21)13-17/h2-8,13,23,25H,9-12H2,1H3/b24-19-. The van der Waals surface area contributed by atoms with Crippen molar-refractivity contribution in [1.82, 2.24) is 9.80 Å². The number of carbonyl (C=O) groups excluding carboxylic acids is 1. The molecule has 11 heteroatoms. The van der Waals surface area contributed by atoms with Gasteiger partial charge in [-0.25, -0.2) is 8.42 Å². The predicted octanol–water partition coefficient (Wildman–Crippen LogP) is 2.21. The number of benzene rings is 2. The first-order valence-corrected chi connectivity index (χ1v) is 11.2. The Bertz CT molecular complexity index is 1120. The molecule has 162 valence electrons. The monoisotopic (exact) mass is 460 g/mol. The van der Waals surface area contributed by atoms with Crippen LogP contribution in [0.2, 0.25) is 5.02 Å². The number of rotatable bonds is 6. The topological polar surface area (TPSA) is 118 Å². The summed E-state index contributed by atoms with van der Waals surface area (Å²) in [7, 11) is -1.84. The molecule has 0 bridgehead atoms. The molecule has 0 aromatic heterocycles. The quantitative estimate of drug-likeness (QED) is 0.504. The molecular formula is C20H21ClN6O3S. The van der Waals surface area contributed by atoms with Crippen LogP contribution in [0.1, 0.15) is 0 Å². The summed E-state index contributed by atoms with van der Waals surface area (Å²) in [6.07, 6.45) is 0. The highest BCUT2D eigenvalue weighted by molar-refractivity contribution is 7.92. The van der Waals surface area contributed by atoms with Gasteiger partial charge in [0.2, 0.25) is 5.71 Å². The first kappa shape index (κ1) is 22.6. The van der Waals surface area contributed by atoms with Gasteiger partial charge in [-0.2, -0.15) is 10.4 Å². The number of sulfonamides is 1. The highest BCUT2D eigenvalue weighted by Crippen LogP contribution is 2.20. The van der Waals surface area contributed by atoms with E-state index in [1.54, 1.807) is 23.1 Å². The van der Waals surface area contributed by atoms with Crippen LogP contribution in [0.4, 0.5) is 11.4 Å². The van der Waals surface area contributed by atoms with Gasteiger partial charge in [0.05, 0.1) is 16.3 Å². The predicted molar refractivity (Wildman–Crippen MR) is 119 cm³/mol.